The Morgan fingerprint density at radius 1 is 1.00 bits per heavy atom. The van der Waals surface area contributed by atoms with Gasteiger partial charge in [0.15, 0.2) is 0 Å². The summed E-state index contributed by atoms with van der Waals surface area (Å²) in [4.78, 5) is 16.8. The minimum atomic E-state index is -0.396. The molecule has 0 fully saturated rings. The Morgan fingerprint density at radius 3 is 2.45 bits per heavy atom. The number of benzene rings is 2. The van der Waals surface area contributed by atoms with E-state index in [9.17, 15) is 4.79 Å². The molecule has 0 atom stereocenters. The molecule has 7 nitrogen and oxygen atoms in total. The minimum absolute atomic E-state index is 0.293. The summed E-state index contributed by atoms with van der Waals surface area (Å²) in [5.74, 6) is 0.363. The topological polar surface area (TPSA) is 97.9 Å². The van der Waals surface area contributed by atoms with Gasteiger partial charge in [-0.1, -0.05) is 60.1 Å². The lowest BCUT2D eigenvalue weighted by Gasteiger charge is -2.09. The highest BCUT2D eigenvalue weighted by Crippen LogP contribution is 2.33. The maximum absolute atomic E-state index is 12.6. The van der Waals surface area contributed by atoms with Gasteiger partial charge in [0.25, 0.3) is 0 Å². The van der Waals surface area contributed by atoms with Gasteiger partial charge in [-0.2, -0.15) is 5.10 Å². The predicted octanol–water partition coefficient (Wildman–Crippen LogP) is 4.55. The van der Waals surface area contributed by atoms with E-state index in [-0.39, 0.29) is 0 Å². The van der Waals surface area contributed by atoms with Crippen LogP contribution in [-0.4, -0.2) is 20.8 Å². The number of nitrogens with one attached hydrogen (secondary N) is 2. The van der Waals surface area contributed by atoms with Crippen LogP contribution in [0, 0.1) is 0 Å². The number of anilines is 2. The van der Waals surface area contributed by atoms with Crippen molar-refractivity contribution >= 4 is 29.1 Å². The molecular weight excluding hydrogens is 412 g/mol. The number of aromatic nitrogens is 3. The van der Waals surface area contributed by atoms with E-state index in [1.165, 1.54) is 0 Å². The maximum atomic E-state index is 12.6. The van der Waals surface area contributed by atoms with Crippen molar-refractivity contribution in [1.29, 1.82) is 0 Å². The molecule has 2 aromatic heterocycles. The Bertz CT molecular complexity index is 1160. The molecule has 156 valence electrons. The summed E-state index contributed by atoms with van der Waals surface area (Å²) >= 11 is 6.03. The molecule has 0 aliphatic carbocycles. The number of carbonyl (C=O) groups excluding carboxylic acids is 1. The van der Waals surface area contributed by atoms with Crippen molar-refractivity contribution in [2.45, 2.75) is 13.1 Å². The van der Waals surface area contributed by atoms with Gasteiger partial charge in [-0.15, -0.1) is 0 Å². The smallest absolute Gasteiger partial charge is 0.319 e. The van der Waals surface area contributed by atoms with Crippen LogP contribution in [0.15, 0.2) is 79.0 Å². The van der Waals surface area contributed by atoms with E-state index in [2.05, 4.69) is 20.7 Å². The number of nitrogens with zero attached hydrogens (tertiary/aromatic N) is 3. The van der Waals surface area contributed by atoms with E-state index in [4.69, 9.17) is 17.3 Å². The summed E-state index contributed by atoms with van der Waals surface area (Å²) in [6.07, 6.45) is 1.68. The normalized spacial score (nSPS) is 10.6. The molecule has 0 saturated carbocycles. The molecule has 0 saturated heterocycles. The summed E-state index contributed by atoms with van der Waals surface area (Å²) in [5.41, 5.74) is 10.00. The molecule has 0 radical (unpaired) electrons. The first-order valence-electron chi connectivity index (χ1n) is 9.71. The quantitative estimate of drug-likeness (QED) is 0.416. The number of nitrogen functional groups attached to an aromatic ring is 1. The SMILES string of the molecule is Nc1c(NC(=O)NCc2ccccn2)c(-c2ccc(Cl)cc2)nn1Cc1ccccc1. The van der Waals surface area contributed by atoms with Gasteiger partial charge in [0.05, 0.1) is 18.8 Å². The molecule has 0 bridgehead atoms. The van der Waals surface area contributed by atoms with Crippen LogP contribution in [-0.2, 0) is 13.1 Å². The third kappa shape index (κ3) is 5.02. The predicted molar refractivity (Wildman–Crippen MR) is 123 cm³/mol. The van der Waals surface area contributed by atoms with E-state index >= 15 is 0 Å². The Labute approximate surface area is 184 Å². The third-order valence-corrected chi connectivity index (χ3v) is 4.93. The van der Waals surface area contributed by atoms with Crippen LogP contribution in [0.1, 0.15) is 11.3 Å². The molecule has 4 rings (SSSR count). The fourth-order valence-electron chi connectivity index (χ4n) is 3.12. The third-order valence-electron chi connectivity index (χ3n) is 4.68. The molecule has 8 heteroatoms. The summed E-state index contributed by atoms with van der Waals surface area (Å²) < 4.78 is 1.67. The fraction of sp³-hybridized carbons (Fsp3) is 0.0870. The lowest BCUT2D eigenvalue weighted by atomic mass is 10.1. The summed E-state index contributed by atoms with van der Waals surface area (Å²) in [6.45, 7) is 0.769. The number of amides is 2. The van der Waals surface area contributed by atoms with Crippen LogP contribution in [0.4, 0.5) is 16.3 Å². The molecule has 4 N–H and O–H groups in total. The minimum Gasteiger partial charge on any atom is -0.382 e. The lowest BCUT2D eigenvalue weighted by molar-refractivity contribution is 0.251. The number of rotatable bonds is 6. The molecule has 31 heavy (non-hydrogen) atoms. The van der Waals surface area contributed by atoms with Gasteiger partial charge >= 0.3 is 6.03 Å². The first-order chi connectivity index (χ1) is 15.1. The molecule has 2 amide bonds. The molecule has 4 aromatic rings. The van der Waals surface area contributed by atoms with Crippen molar-refractivity contribution in [3.05, 3.63) is 95.3 Å². The van der Waals surface area contributed by atoms with E-state index in [1.54, 1.807) is 23.0 Å². The van der Waals surface area contributed by atoms with E-state index in [1.807, 2.05) is 60.7 Å². The van der Waals surface area contributed by atoms with Gasteiger partial charge < -0.3 is 16.4 Å². The molecular formula is C23H21ClN6O. The zero-order valence-corrected chi connectivity index (χ0v) is 17.4. The highest BCUT2D eigenvalue weighted by atomic mass is 35.5. The van der Waals surface area contributed by atoms with Crippen LogP contribution in [0.3, 0.4) is 0 Å². The van der Waals surface area contributed by atoms with Crippen molar-refractivity contribution in [3.8, 4) is 11.3 Å². The second-order valence-electron chi connectivity index (χ2n) is 6.89. The van der Waals surface area contributed by atoms with Crippen LogP contribution < -0.4 is 16.4 Å². The molecule has 0 aliphatic rings. The monoisotopic (exact) mass is 432 g/mol. The Kier molecular flexibility index (Phi) is 6.14. The van der Waals surface area contributed by atoms with Crippen molar-refractivity contribution < 1.29 is 4.79 Å². The van der Waals surface area contributed by atoms with Gasteiger partial charge in [0.1, 0.15) is 17.2 Å². The number of carbonyl (C=O) groups is 1. The number of halogens is 1. The fourth-order valence-corrected chi connectivity index (χ4v) is 3.24. The molecule has 0 spiro atoms. The maximum Gasteiger partial charge on any atom is 0.319 e. The first-order valence-corrected chi connectivity index (χ1v) is 10.1. The van der Waals surface area contributed by atoms with Gasteiger partial charge in [0.2, 0.25) is 0 Å². The van der Waals surface area contributed by atoms with Crippen LogP contribution in [0.25, 0.3) is 11.3 Å². The van der Waals surface area contributed by atoms with Crippen molar-refractivity contribution in [1.82, 2.24) is 20.1 Å². The molecule has 0 aliphatic heterocycles. The van der Waals surface area contributed by atoms with Crippen LogP contribution in [0.2, 0.25) is 5.02 Å². The number of urea groups is 1. The second kappa shape index (κ2) is 9.32. The second-order valence-corrected chi connectivity index (χ2v) is 7.32. The van der Waals surface area contributed by atoms with E-state index in [0.29, 0.717) is 35.3 Å². The van der Waals surface area contributed by atoms with Crippen molar-refractivity contribution in [3.63, 3.8) is 0 Å². The van der Waals surface area contributed by atoms with Gasteiger partial charge in [-0.25, -0.2) is 9.48 Å². The Hall–Kier alpha value is -3.84. The van der Waals surface area contributed by atoms with Crippen molar-refractivity contribution in [2.24, 2.45) is 0 Å². The summed E-state index contributed by atoms with van der Waals surface area (Å²) in [5, 5.41) is 10.9. The highest BCUT2D eigenvalue weighted by Gasteiger charge is 2.19. The first kappa shape index (κ1) is 20.4. The van der Waals surface area contributed by atoms with E-state index < -0.39 is 6.03 Å². The average Bonchev–Trinajstić information content (AvgIpc) is 3.09. The molecule has 2 heterocycles. The Morgan fingerprint density at radius 2 is 1.74 bits per heavy atom. The highest BCUT2D eigenvalue weighted by molar-refractivity contribution is 6.30. The lowest BCUT2D eigenvalue weighted by Crippen LogP contribution is -2.29. The van der Waals surface area contributed by atoms with Crippen LogP contribution in [0.5, 0.6) is 0 Å². The zero-order chi connectivity index (χ0) is 21.6. The Balaban J connectivity index is 1.60. The van der Waals surface area contributed by atoms with Crippen molar-refractivity contribution in [2.75, 3.05) is 11.1 Å². The summed E-state index contributed by atoms with van der Waals surface area (Å²) in [6, 6.07) is 22.2. The zero-order valence-electron chi connectivity index (χ0n) is 16.6. The molecule has 0 unspecified atom stereocenters. The van der Waals surface area contributed by atoms with Gasteiger partial charge in [-0.05, 0) is 29.8 Å². The number of nitrogens with two attached hydrogens (primary N) is 1. The number of hydrogen-bond donors (Lipinski definition) is 3. The summed E-state index contributed by atoms with van der Waals surface area (Å²) in [7, 11) is 0. The van der Waals surface area contributed by atoms with Gasteiger partial charge in [0, 0.05) is 16.8 Å². The van der Waals surface area contributed by atoms with E-state index in [0.717, 1.165) is 16.8 Å². The average molecular weight is 433 g/mol. The standard InChI is InChI=1S/C23H21ClN6O/c24-18-11-9-17(10-12-18)20-21(28-23(31)27-14-19-8-4-5-13-26-19)22(25)30(29-20)15-16-6-2-1-3-7-16/h1-13H,14-15,25H2,(H2,27,28,31). The number of hydrogen-bond acceptors (Lipinski definition) is 4. The van der Waals surface area contributed by atoms with Gasteiger partial charge in [-0.3, -0.25) is 4.98 Å². The molecule has 2 aromatic carbocycles. The number of pyridine rings is 1. The largest absolute Gasteiger partial charge is 0.382 e. The van der Waals surface area contributed by atoms with Crippen LogP contribution >= 0.6 is 11.6 Å².